The van der Waals surface area contributed by atoms with Gasteiger partial charge in [-0.05, 0) is 24.3 Å². The van der Waals surface area contributed by atoms with E-state index in [1.807, 2.05) is 18.2 Å². The van der Waals surface area contributed by atoms with Gasteiger partial charge < -0.3 is 19.0 Å². The molecule has 0 bridgehead atoms. The Morgan fingerprint density at radius 3 is 2.83 bits per heavy atom. The molecule has 0 radical (unpaired) electrons. The summed E-state index contributed by atoms with van der Waals surface area (Å²) in [5, 5.41) is 10.4. The summed E-state index contributed by atoms with van der Waals surface area (Å²) in [5.74, 6) is 1.88. The highest BCUT2D eigenvalue weighted by atomic mass is 16.5. The van der Waals surface area contributed by atoms with Gasteiger partial charge in [0.25, 0.3) is 0 Å². The number of carbonyl (C=O) groups is 1. The lowest BCUT2D eigenvalue weighted by molar-refractivity contribution is 0.0989. The topological polar surface area (TPSA) is 68.9 Å². The number of phenols is 1. The number of fused-ring (bicyclic) bond motifs is 7. The predicted octanol–water partition coefficient (Wildman–Crippen LogP) is 3.95. The Hall–Kier alpha value is -2.95. The first-order valence-electron chi connectivity index (χ1n) is 7.81. The van der Waals surface area contributed by atoms with Gasteiger partial charge in [0.15, 0.2) is 11.5 Å². The van der Waals surface area contributed by atoms with Gasteiger partial charge in [-0.1, -0.05) is 6.07 Å². The smallest absolute Gasteiger partial charge is 0.194 e. The van der Waals surface area contributed by atoms with Gasteiger partial charge in [0.2, 0.25) is 0 Å². The Kier molecular flexibility index (Phi) is 2.55. The minimum absolute atomic E-state index is 0.0807. The van der Waals surface area contributed by atoms with E-state index in [9.17, 15) is 9.90 Å². The van der Waals surface area contributed by atoms with Crippen molar-refractivity contribution in [3.63, 3.8) is 0 Å². The number of carbonyl (C=O) groups excluding carboxylic acids is 1. The van der Waals surface area contributed by atoms with Crippen LogP contribution in [0.3, 0.4) is 0 Å². The van der Waals surface area contributed by atoms with Crippen LogP contribution in [0.4, 0.5) is 0 Å². The molecule has 3 aromatic rings. The summed E-state index contributed by atoms with van der Waals surface area (Å²) < 4.78 is 17.7. The largest absolute Gasteiger partial charge is 0.508 e. The molecule has 5 rings (SSSR count). The van der Waals surface area contributed by atoms with E-state index in [2.05, 4.69) is 0 Å². The van der Waals surface area contributed by atoms with Crippen molar-refractivity contribution in [3.05, 3.63) is 53.3 Å². The molecule has 2 aliphatic heterocycles. The van der Waals surface area contributed by atoms with Crippen molar-refractivity contribution in [1.82, 2.24) is 0 Å². The number of phenolic OH excluding ortho intramolecular Hbond substituents is 1. The van der Waals surface area contributed by atoms with Crippen molar-refractivity contribution < 1.29 is 23.8 Å². The number of hydrogen-bond acceptors (Lipinski definition) is 5. The second kappa shape index (κ2) is 4.54. The van der Waals surface area contributed by atoms with Crippen molar-refractivity contribution in [3.8, 4) is 17.2 Å². The summed E-state index contributed by atoms with van der Waals surface area (Å²) >= 11 is 0. The Labute approximate surface area is 137 Å². The maximum absolute atomic E-state index is 11.6. The number of rotatable bonds is 1. The standard InChI is InChI=1S/C19H14O5/c1-9(20)16-7-13-15(23-16)5-4-11-14-8-22-17-6-10(21)2-3-12(17)19(14)24-18(11)13/h2-7,14,19,21H,8H2,1H3/t14-,19-/m0/s1. The van der Waals surface area contributed by atoms with Crippen LogP contribution >= 0.6 is 0 Å². The molecule has 0 aliphatic carbocycles. The fourth-order valence-corrected chi connectivity index (χ4v) is 3.59. The molecule has 3 heterocycles. The summed E-state index contributed by atoms with van der Waals surface area (Å²) in [6, 6.07) is 10.7. The SMILES string of the molecule is CC(=O)c1cc2c3c(ccc2o1)[C@@H]1COc2cc(O)ccc2[C@@H]1O3. The fraction of sp³-hybridized carbons (Fsp3) is 0.211. The van der Waals surface area contributed by atoms with Crippen molar-refractivity contribution in [2.75, 3.05) is 6.61 Å². The summed E-state index contributed by atoms with van der Waals surface area (Å²) in [7, 11) is 0. The minimum Gasteiger partial charge on any atom is -0.508 e. The molecule has 24 heavy (non-hydrogen) atoms. The molecule has 5 heteroatoms. The third-order valence-electron chi connectivity index (χ3n) is 4.76. The predicted molar refractivity (Wildman–Crippen MR) is 85.9 cm³/mol. The quantitative estimate of drug-likeness (QED) is 0.687. The first-order valence-corrected chi connectivity index (χ1v) is 7.81. The van der Waals surface area contributed by atoms with Gasteiger partial charge in [-0.25, -0.2) is 0 Å². The molecule has 1 aromatic heterocycles. The lowest BCUT2D eigenvalue weighted by atomic mass is 9.89. The van der Waals surface area contributed by atoms with Crippen LogP contribution in [0, 0.1) is 0 Å². The summed E-state index contributed by atoms with van der Waals surface area (Å²) in [6.07, 6.45) is -0.161. The van der Waals surface area contributed by atoms with Crippen LogP contribution in [0.25, 0.3) is 11.0 Å². The van der Waals surface area contributed by atoms with Crippen LogP contribution in [0.15, 0.2) is 40.8 Å². The number of Topliss-reactive ketones (excluding diaryl/α,β-unsaturated/α-hetero) is 1. The van der Waals surface area contributed by atoms with Crippen LogP contribution < -0.4 is 9.47 Å². The molecular formula is C19H14O5. The highest BCUT2D eigenvalue weighted by Crippen LogP contribution is 2.53. The molecule has 0 fully saturated rings. The Morgan fingerprint density at radius 1 is 1.17 bits per heavy atom. The highest BCUT2D eigenvalue weighted by molar-refractivity contribution is 5.98. The van der Waals surface area contributed by atoms with E-state index in [1.54, 1.807) is 18.2 Å². The van der Waals surface area contributed by atoms with E-state index in [4.69, 9.17) is 13.9 Å². The van der Waals surface area contributed by atoms with Crippen molar-refractivity contribution in [1.29, 1.82) is 0 Å². The number of benzene rings is 2. The maximum Gasteiger partial charge on any atom is 0.194 e. The Bertz CT molecular complexity index is 1000. The summed E-state index contributed by atoms with van der Waals surface area (Å²) in [6.45, 7) is 1.96. The van der Waals surface area contributed by atoms with Crippen molar-refractivity contribution in [2.24, 2.45) is 0 Å². The highest BCUT2D eigenvalue weighted by Gasteiger charge is 2.41. The van der Waals surface area contributed by atoms with E-state index in [1.165, 1.54) is 6.92 Å². The number of aromatic hydroxyl groups is 1. The van der Waals surface area contributed by atoms with Crippen LogP contribution in [0.5, 0.6) is 17.2 Å². The van der Waals surface area contributed by atoms with Crippen molar-refractivity contribution in [2.45, 2.75) is 18.9 Å². The normalized spacial score (nSPS) is 20.7. The van der Waals surface area contributed by atoms with Crippen LogP contribution in [-0.4, -0.2) is 17.5 Å². The van der Waals surface area contributed by atoms with Crippen LogP contribution in [-0.2, 0) is 0 Å². The molecule has 120 valence electrons. The number of ether oxygens (including phenoxy) is 2. The second-order valence-corrected chi connectivity index (χ2v) is 6.24. The molecule has 2 aliphatic rings. The van der Waals surface area contributed by atoms with Gasteiger partial charge in [0, 0.05) is 24.1 Å². The summed E-state index contributed by atoms with van der Waals surface area (Å²) in [4.78, 5) is 11.6. The number of furan rings is 1. The monoisotopic (exact) mass is 322 g/mol. The van der Waals surface area contributed by atoms with Gasteiger partial charge in [-0.3, -0.25) is 4.79 Å². The average molecular weight is 322 g/mol. The molecule has 0 saturated carbocycles. The number of ketones is 1. The van der Waals surface area contributed by atoms with Gasteiger partial charge in [-0.15, -0.1) is 0 Å². The van der Waals surface area contributed by atoms with Crippen LogP contribution in [0.2, 0.25) is 0 Å². The van der Waals surface area contributed by atoms with E-state index >= 15 is 0 Å². The van der Waals surface area contributed by atoms with E-state index < -0.39 is 0 Å². The second-order valence-electron chi connectivity index (χ2n) is 6.24. The molecule has 0 saturated heterocycles. The first kappa shape index (κ1) is 13.5. The number of hydrogen-bond donors (Lipinski definition) is 1. The average Bonchev–Trinajstić information content (AvgIpc) is 3.15. The molecule has 0 unspecified atom stereocenters. The maximum atomic E-state index is 11.6. The zero-order valence-corrected chi connectivity index (χ0v) is 12.9. The fourth-order valence-electron chi connectivity index (χ4n) is 3.59. The molecule has 2 aromatic carbocycles. The minimum atomic E-state index is -0.161. The molecule has 5 nitrogen and oxygen atoms in total. The zero-order chi connectivity index (χ0) is 16.4. The molecular weight excluding hydrogens is 308 g/mol. The Balaban J connectivity index is 1.66. The molecule has 0 spiro atoms. The van der Waals surface area contributed by atoms with E-state index in [0.29, 0.717) is 23.7 Å². The van der Waals surface area contributed by atoms with E-state index in [-0.39, 0.29) is 23.6 Å². The van der Waals surface area contributed by atoms with Gasteiger partial charge >= 0.3 is 0 Å². The molecule has 1 N–H and O–H groups in total. The first-order chi connectivity index (χ1) is 11.6. The lowest BCUT2D eigenvalue weighted by Gasteiger charge is -2.27. The lowest BCUT2D eigenvalue weighted by Crippen LogP contribution is -2.22. The van der Waals surface area contributed by atoms with Gasteiger partial charge in [0.1, 0.15) is 28.9 Å². The van der Waals surface area contributed by atoms with Gasteiger partial charge in [0.05, 0.1) is 17.9 Å². The zero-order valence-electron chi connectivity index (χ0n) is 12.9. The van der Waals surface area contributed by atoms with E-state index in [0.717, 1.165) is 22.3 Å². The van der Waals surface area contributed by atoms with Crippen LogP contribution in [0.1, 0.15) is 40.6 Å². The third kappa shape index (κ3) is 1.72. The van der Waals surface area contributed by atoms with Gasteiger partial charge in [-0.2, -0.15) is 0 Å². The van der Waals surface area contributed by atoms with Crippen molar-refractivity contribution >= 4 is 16.8 Å². The Morgan fingerprint density at radius 2 is 2.00 bits per heavy atom. The molecule has 0 amide bonds. The molecule has 2 atom stereocenters. The third-order valence-corrected chi connectivity index (χ3v) is 4.76. The summed E-state index contributed by atoms with van der Waals surface area (Å²) in [5.41, 5.74) is 2.62.